The zero-order chi connectivity index (χ0) is 14.3. The Bertz CT molecular complexity index is 831. The fourth-order valence-electron chi connectivity index (χ4n) is 2.06. The Balaban J connectivity index is 2.25. The first-order valence-electron chi connectivity index (χ1n) is 6.39. The second-order valence-electron chi connectivity index (χ2n) is 5.02. The third-order valence-corrected chi connectivity index (χ3v) is 3.11. The van der Waals surface area contributed by atoms with Crippen molar-refractivity contribution in [1.82, 2.24) is 19.7 Å². The molecule has 0 aliphatic carbocycles. The van der Waals surface area contributed by atoms with Gasteiger partial charge in [0.15, 0.2) is 5.82 Å². The minimum atomic E-state index is -0.189. The summed E-state index contributed by atoms with van der Waals surface area (Å²) in [6.45, 7) is 3.95. The number of nitrogens with two attached hydrogens (primary N) is 1. The number of nitrogens with zero attached hydrogens (tertiary/aromatic N) is 3. The smallest absolute Gasteiger partial charge is 0.253 e. The molecule has 2 aromatic heterocycles. The molecule has 0 aliphatic rings. The van der Waals surface area contributed by atoms with Crippen molar-refractivity contribution in [3.8, 4) is 5.82 Å². The summed E-state index contributed by atoms with van der Waals surface area (Å²) in [5, 5.41) is 5.25. The Morgan fingerprint density at radius 1 is 1.30 bits per heavy atom. The summed E-state index contributed by atoms with van der Waals surface area (Å²) in [5.74, 6) is 1.27. The summed E-state index contributed by atoms with van der Waals surface area (Å²) in [4.78, 5) is 18.9. The number of aromatic amines is 1. The number of benzene rings is 1. The highest BCUT2D eigenvalue weighted by Crippen LogP contribution is 2.19. The molecule has 20 heavy (non-hydrogen) atoms. The van der Waals surface area contributed by atoms with Crippen LogP contribution < -0.4 is 11.3 Å². The molecule has 3 aromatic rings. The zero-order valence-corrected chi connectivity index (χ0v) is 11.3. The number of aromatic nitrogens is 4. The van der Waals surface area contributed by atoms with Crippen molar-refractivity contribution >= 4 is 16.6 Å². The molecule has 2 heterocycles. The van der Waals surface area contributed by atoms with Crippen molar-refractivity contribution in [2.45, 2.75) is 19.8 Å². The maximum Gasteiger partial charge on any atom is 0.253 e. The molecule has 0 spiro atoms. The highest BCUT2D eigenvalue weighted by atomic mass is 16.1. The lowest BCUT2D eigenvalue weighted by Gasteiger charge is -2.07. The number of nitrogen functional groups attached to an aromatic ring is 1. The van der Waals surface area contributed by atoms with Crippen LogP contribution in [-0.4, -0.2) is 19.7 Å². The summed E-state index contributed by atoms with van der Waals surface area (Å²) < 4.78 is 1.63. The molecule has 0 unspecified atom stereocenters. The Kier molecular flexibility index (Phi) is 2.78. The van der Waals surface area contributed by atoms with Crippen LogP contribution in [0.4, 0.5) is 5.69 Å². The largest absolute Gasteiger partial charge is 0.399 e. The molecule has 3 N–H and O–H groups in total. The molecule has 1 aromatic carbocycles. The molecular weight excluding hydrogens is 254 g/mol. The molecule has 0 radical (unpaired) electrons. The van der Waals surface area contributed by atoms with Crippen LogP contribution >= 0.6 is 0 Å². The lowest BCUT2D eigenvalue weighted by Crippen LogP contribution is -2.15. The number of fused-ring (bicyclic) bond motifs is 1. The summed E-state index contributed by atoms with van der Waals surface area (Å²) >= 11 is 0. The number of nitrogens with one attached hydrogen (secondary N) is 1. The number of hydrogen-bond donors (Lipinski definition) is 2. The van der Waals surface area contributed by atoms with E-state index in [2.05, 4.69) is 15.1 Å². The second kappa shape index (κ2) is 4.48. The molecule has 0 bridgehead atoms. The van der Waals surface area contributed by atoms with E-state index >= 15 is 0 Å². The third kappa shape index (κ3) is 2.05. The van der Waals surface area contributed by atoms with E-state index in [1.54, 1.807) is 10.9 Å². The highest BCUT2D eigenvalue weighted by molar-refractivity contribution is 5.83. The molecule has 0 saturated carbocycles. The van der Waals surface area contributed by atoms with Gasteiger partial charge in [0, 0.05) is 23.1 Å². The van der Waals surface area contributed by atoms with Gasteiger partial charge in [-0.2, -0.15) is 5.10 Å². The average molecular weight is 269 g/mol. The molecule has 102 valence electrons. The summed E-state index contributed by atoms with van der Waals surface area (Å²) in [6, 6.07) is 6.96. The van der Waals surface area contributed by atoms with Gasteiger partial charge in [-0.3, -0.25) is 4.79 Å². The first-order chi connectivity index (χ1) is 9.54. The van der Waals surface area contributed by atoms with E-state index in [9.17, 15) is 4.79 Å². The molecule has 6 heteroatoms. The van der Waals surface area contributed by atoms with Crippen LogP contribution in [0.25, 0.3) is 16.7 Å². The Hall–Kier alpha value is -2.63. The quantitative estimate of drug-likeness (QED) is 0.694. The number of H-pyrrole nitrogens is 1. The van der Waals surface area contributed by atoms with E-state index in [0.29, 0.717) is 17.3 Å². The monoisotopic (exact) mass is 269 g/mol. The van der Waals surface area contributed by atoms with Crippen molar-refractivity contribution in [3.05, 3.63) is 46.6 Å². The minimum Gasteiger partial charge on any atom is -0.399 e. The van der Waals surface area contributed by atoms with Gasteiger partial charge in [0.2, 0.25) is 0 Å². The van der Waals surface area contributed by atoms with Crippen molar-refractivity contribution in [2.75, 3.05) is 5.73 Å². The molecule has 3 rings (SSSR count). The van der Waals surface area contributed by atoms with Crippen LogP contribution in [0, 0.1) is 0 Å². The van der Waals surface area contributed by atoms with E-state index < -0.39 is 0 Å². The number of hydrogen-bond acceptors (Lipinski definition) is 4. The molecule has 0 aliphatic heterocycles. The maximum atomic E-state index is 11.8. The minimum absolute atomic E-state index is 0.134. The summed E-state index contributed by atoms with van der Waals surface area (Å²) in [5.41, 5.74) is 7.10. The van der Waals surface area contributed by atoms with Crippen LogP contribution in [0.3, 0.4) is 0 Å². The molecule has 0 saturated heterocycles. The molecular formula is C14H15N5O. The van der Waals surface area contributed by atoms with Gasteiger partial charge in [0.25, 0.3) is 5.56 Å². The van der Waals surface area contributed by atoms with Crippen molar-refractivity contribution < 1.29 is 0 Å². The predicted molar refractivity (Wildman–Crippen MR) is 78.0 cm³/mol. The van der Waals surface area contributed by atoms with E-state index in [0.717, 1.165) is 10.9 Å². The second-order valence-corrected chi connectivity index (χ2v) is 5.02. The van der Waals surface area contributed by atoms with Crippen LogP contribution in [0.15, 0.2) is 35.3 Å². The Morgan fingerprint density at radius 3 is 2.85 bits per heavy atom. The van der Waals surface area contributed by atoms with E-state index in [1.807, 2.05) is 32.0 Å². The van der Waals surface area contributed by atoms with Crippen LogP contribution in [0.2, 0.25) is 0 Å². The topological polar surface area (TPSA) is 89.6 Å². The first-order valence-corrected chi connectivity index (χ1v) is 6.39. The van der Waals surface area contributed by atoms with Crippen molar-refractivity contribution in [3.63, 3.8) is 0 Å². The molecule has 0 atom stereocenters. The van der Waals surface area contributed by atoms with Crippen LogP contribution in [0.5, 0.6) is 0 Å². The standard InChI is InChI=1S/C14H15N5O/c1-8(2)14-17-12(6-13(20)18-14)19-11-5-10(15)4-3-9(11)7-16-19/h3-8H,15H2,1-2H3,(H,17,18,20). The van der Waals surface area contributed by atoms with Crippen molar-refractivity contribution in [1.29, 1.82) is 0 Å². The predicted octanol–water partition coefficient (Wildman–Crippen LogP) is 1.81. The van der Waals surface area contributed by atoms with Crippen LogP contribution in [0.1, 0.15) is 25.6 Å². The van der Waals surface area contributed by atoms with Gasteiger partial charge >= 0.3 is 0 Å². The van der Waals surface area contributed by atoms with Gasteiger partial charge in [-0.1, -0.05) is 13.8 Å². The normalized spacial score (nSPS) is 11.3. The van der Waals surface area contributed by atoms with E-state index in [4.69, 9.17) is 5.73 Å². The molecule has 0 amide bonds. The fraction of sp³-hybridized carbons (Fsp3) is 0.214. The van der Waals surface area contributed by atoms with Gasteiger partial charge in [-0.25, -0.2) is 9.67 Å². The van der Waals surface area contributed by atoms with Gasteiger partial charge in [-0.15, -0.1) is 0 Å². The summed E-state index contributed by atoms with van der Waals surface area (Å²) in [7, 11) is 0. The maximum absolute atomic E-state index is 11.8. The lowest BCUT2D eigenvalue weighted by molar-refractivity contribution is 0.743. The van der Waals surface area contributed by atoms with Gasteiger partial charge in [0.1, 0.15) is 5.82 Å². The first kappa shape index (κ1) is 12.4. The van der Waals surface area contributed by atoms with Gasteiger partial charge in [-0.05, 0) is 18.2 Å². The average Bonchev–Trinajstić information content (AvgIpc) is 2.80. The van der Waals surface area contributed by atoms with Crippen molar-refractivity contribution in [2.24, 2.45) is 0 Å². The molecule has 6 nitrogen and oxygen atoms in total. The molecule has 0 fully saturated rings. The highest BCUT2D eigenvalue weighted by Gasteiger charge is 2.10. The Labute approximate surface area is 115 Å². The van der Waals surface area contributed by atoms with Gasteiger partial charge in [0.05, 0.1) is 11.7 Å². The third-order valence-electron chi connectivity index (χ3n) is 3.11. The Morgan fingerprint density at radius 2 is 2.10 bits per heavy atom. The van der Waals surface area contributed by atoms with Crippen LogP contribution in [-0.2, 0) is 0 Å². The fourth-order valence-corrected chi connectivity index (χ4v) is 2.06. The zero-order valence-electron chi connectivity index (χ0n) is 11.3. The SMILES string of the molecule is CC(C)c1nc(-n2ncc3ccc(N)cc32)cc(=O)[nH]1. The van der Waals surface area contributed by atoms with Gasteiger partial charge < -0.3 is 10.7 Å². The number of anilines is 1. The lowest BCUT2D eigenvalue weighted by atomic mass is 10.2. The summed E-state index contributed by atoms with van der Waals surface area (Å²) in [6.07, 6.45) is 1.73. The van der Waals surface area contributed by atoms with E-state index in [-0.39, 0.29) is 11.5 Å². The number of rotatable bonds is 2. The van der Waals surface area contributed by atoms with E-state index in [1.165, 1.54) is 6.07 Å².